The largest absolute Gasteiger partial charge is 0.496 e. The Morgan fingerprint density at radius 1 is 1.31 bits per heavy atom. The fourth-order valence-corrected chi connectivity index (χ4v) is 3.49. The quantitative estimate of drug-likeness (QED) is 0.447. The van der Waals surface area contributed by atoms with E-state index in [1.54, 1.807) is 13.2 Å². The SMILES string of the molecule is COc1ccc(/C=N\NC(=O)[C@H]2C(=O)NC[C@H]2c2ccccc2)cc1Br. The van der Waals surface area contributed by atoms with E-state index in [2.05, 4.69) is 31.8 Å². The first-order chi connectivity index (χ1) is 12.6. The normalized spacial score (nSPS) is 19.4. The number of methoxy groups -OCH3 is 1. The maximum atomic E-state index is 12.5. The highest BCUT2D eigenvalue weighted by Gasteiger charge is 2.40. The maximum absolute atomic E-state index is 12.5. The van der Waals surface area contributed by atoms with Crippen LogP contribution in [0.5, 0.6) is 5.75 Å². The van der Waals surface area contributed by atoms with Gasteiger partial charge in [-0.1, -0.05) is 30.3 Å². The van der Waals surface area contributed by atoms with Crippen molar-refractivity contribution in [3.05, 3.63) is 64.1 Å². The number of rotatable bonds is 5. The molecule has 2 N–H and O–H groups in total. The number of carbonyl (C=O) groups is 2. The lowest BCUT2D eigenvalue weighted by Gasteiger charge is -2.15. The van der Waals surface area contributed by atoms with Gasteiger partial charge in [-0.25, -0.2) is 5.43 Å². The Hall–Kier alpha value is -2.67. The average Bonchev–Trinajstić information content (AvgIpc) is 3.04. The van der Waals surface area contributed by atoms with Gasteiger partial charge in [0.05, 0.1) is 17.8 Å². The molecule has 26 heavy (non-hydrogen) atoms. The molecule has 0 aromatic heterocycles. The third-order valence-electron chi connectivity index (χ3n) is 4.26. The summed E-state index contributed by atoms with van der Waals surface area (Å²) in [5, 5.41) is 6.73. The third-order valence-corrected chi connectivity index (χ3v) is 4.88. The highest BCUT2D eigenvalue weighted by molar-refractivity contribution is 9.10. The van der Waals surface area contributed by atoms with E-state index in [1.807, 2.05) is 42.5 Å². The molecular formula is C19H18BrN3O3. The predicted molar refractivity (Wildman–Crippen MR) is 102 cm³/mol. The van der Waals surface area contributed by atoms with Gasteiger partial charge in [0.1, 0.15) is 11.7 Å². The van der Waals surface area contributed by atoms with E-state index >= 15 is 0 Å². The summed E-state index contributed by atoms with van der Waals surface area (Å²) in [5.41, 5.74) is 4.21. The van der Waals surface area contributed by atoms with Crippen LogP contribution in [0.3, 0.4) is 0 Å². The number of halogens is 1. The van der Waals surface area contributed by atoms with Crippen LogP contribution in [0.1, 0.15) is 17.0 Å². The lowest BCUT2D eigenvalue weighted by molar-refractivity contribution is -0.133. The van der Waals surface area contributed by atoms with Crippen molar-refractivity contribution in [2.75, 3.05) is 13.7 Å². The Balaban J connectivity index is 1.68. The van der Waals surface area contributed by atoms with Gasteiger partial charge in [-0.15, -0.1) is 0 Å². The van der Waals surface area contributed by atoms with Crippen LogP contribution in [0, 0.1) is 5.92 Å². The summed E-state index contributed by atoms with van der Waals surface area (Å²) in [6.07, 6.45) is 1.52. The highest BCUT2D eigenvalue weighted by Crippen LogP contribution is 2.29. The molecule has 2 aromatic rings. The molecule has 0 saturated carbocycles. The average molecular weight is 416 g/mol. The van der Waals surface area contributed by atoms with Gasteiger partial charge in [-0.2, -0.15) is 5.10 Å². The molecule has 0 aliphatic carbocycles. The minimum absolute atomic E-state index is 0.200. The minimum atomic E-state index is -0.794. The van der Waals surface area contributed by atoms with Crippen molar-refractivity contribution >= 4 is 34.0 Å². The van der Waals surface area contributed by atoms with Crippen LogP contribution in [-0.2, 0) is 9.59 Å². The van der Waals surface area contributed by atoms with E-state index in [0.29, 0.717) is 12.3 Å². The second kappa shape index (κ2) is 8.14. The number of ether oxygens (including phenoxy) is 1. The lowest BCUT2D eigenvalue weighted by atomic mass is 9.88. The number of nitrogens with one attached hydrogen (secondary N) is 2. The fraction of sp³-hybridized carbons (Fsp3) is 0.211. The molecule has 0 bridgehead atoms. The number of hydrogen-bond acceptors (Lipinski definition) is 4. The summed E-state index contributed by atoms with van der Waals surface area (Å²) in [4.78, 5) is 24.6. The molecule has 1 aliphatic rings. The zero-order valence-corrected chi connectivity index (χ0v) is 15.7. The molecule has 6 nitrogen and oxygen atoms in total. The van der Waals surface area contributed by atoms with Gasteiger partial charge < -0.3 is 10.1 Å². The highest BCUT2D eigenvalue weighted by atomic mass is 79.9. The number of benzene rings is 2. The molecular weight excluding hydrogens is 398 g/mol. The third kappa shape index (κ3) is 3.94. The molecule has 0 unspecified atom stereocenters. The van der Waals surface area contributed by atoms with Crippen molar-refractivity contribution in [3.63, 3.8) is 0 Å². The van der Waals surface area contributed by atoms with Crippen molar-refractivity contribution < 1.29 is 14.3 Å². The minimum Gasteiger partial charge on any atom is -0.496 e. The van der Waals surface area contributed by atoms with Gasteiger partial charge in [0.15, 0.2) is 0 Å². The fourth-order valence-electron chi connectivity index (χ4n) is 2.94. The lowest BCUT2D eigenvalue weighted by Crippen LogP contribution is -2.34. The van der Waals surface area contributed by atoms with Crippen LogP contribution < -0.4 is 15.5 Å². The van der Waals surface area contributed by atoms with Crippen molar-refractivity contribution in [1.82, 2.24) is 10.7 Å². The molecule has 0 radical (unpaired) electrons. The summed E-state index contributed by atoms with van der Waals surface area (Å²) >= 11 is 3.40. The molecule has 0 spiro atoms. The number of carbonyl (C=O) groups excluding carboxylic acids is 2. The Bertz CT molecular complexity index is 839. The zero-order valence-electron chi connectivity index (χ0n) is 14.1. The van der Waals surface area contributed by atoms with E-state index in [0.717, 1.165) is 15.6 Å². The predicted octanol–water partition coefficient (Wildman–Crippen LogP) is 2.44. The van der Waals surface area contributed by atoms with Crippen LogP contribution in [0.2, 0.25) is 0 Å². The number of nitrogens with zero attached hydrogens (tertiary/aromatic N) is 1. The molecule has 1 aliphatic heterocycles. The zero-order chi connectivity index (χ0) is 18.5. The van der Waals surface area contributed by atoms with Gasteiger partial charge in [0.25, 0.3) is 5.91 Å². The molecule has 2 aromatic carbocycles. The standard InChI is InChI=1S/C19H18BrN3O3/c1-26-16-8-7-12(9-15(16)20)10-22-23-19(25)17-14(11-21-18(17)24)13-5-3-2-4-6-13/h2-10,14,17H,11H2,1H3,(H,21,24)(H,23,25)/b22-10-/t14-,17+/m0/s1. The first-order valence-electron chi connectivity index (χ1n) is 8.09. The molecule has 1 saturated heterocycles. The molecule has 2 amide bonds. The summed E-state index contributed by atoms with van der Waals surface area (Å²) in [7, 11) is 1.59. The Labute approximate surface area is 159 Å². The monoisotopic (exact) mass is 415 g/mol. The Kier molecular flexibility index (Phi) is 5.68. The van der Waals surface area contributed by atoms with E-state index in [1.165, 1.54) is 6.21 Å². The molecule has 1 heterocycles. The number of hydrogen-bond donors (Lipinski definition) is 2. The molecule has 134 valence electrons. The molecule has 1 fully saturated rings. The van der Waals surface area contributed by atoms with Gasteiger partial charge in [0.2, 0.25) is 5.91 Å². The van der Waals surface area contributed by atoms with Gasteiger partial charge >= 0.3 is 0 Å². The number of amides is 2. The summed E-state index contributed by atoms with van der Waals surface area (Å²) in [6, 6.07) is 15.0. The molecule has 2 atom stereocenters. The van der Waals surface area contributed by atoms with Crippen LogP contribution in [0.4, 0.5) is 0 Å². The second-order valence-electron chi connectivity index (χ2n) is 5.87. The first kappa shape index (κ1) is 18.1. The van der Waals surface area contributed by atoms with Gasteiger partial charge in [-0.3, -0.25) is 9.59 Å². The van der Waals surface area contributed by atoms with E-state index < -0.39 is 11.8 Å². The molecule has 3 rings (SSSR count). The van der Waals surface area contributed by atoms with E-state index in [9.17, 15) is 9.59 Å². The smallest absolute Gasteiger partial charge is 0.253 e. The summed E-state index contributed by atoms with van der Waals surface area (Å²) < 4.78 is 5.96. The van der Waals surface area contributed by atoms with Crippen LogP contribution in [-0.4, -0.2) is 31.7 Å². The Morgan fingerprint density at radius 3 is 2.77 bits per heavy atom. The van der Waals surface area contributed by atoms with Crippen molar-refractivity contribution in [1.29, 1.82) is 0 Å². The number of hydrazone groups is 1. The topological polar surface area (TPSA) is 79.8 Å². The van der Waals surface area contributed by atoms with Crippen LogP contribution >= 0.6 is 15.9 Å². The van der Waals surface area contributed by atoms with Crippen molar-refractivity contribution in [2.24, 2.45) is 11.0 Å². The molecule has 7 heteroatoms. The van der Waals surface area contributed by atoms with Crippen molar-refractivity contribution in [3.8, 4) is 5.75 Å². The summed E-state index contributed by atoms with van der Waals surface area (Å²) in [6.45, 7) is 0.441. The van der Waals surface area contributed by atoms with Gasteiger partial charge in [0, 0.05) is 12.5 Å². The van der Waals surface area contributed by atoms with Crippen molar-refractivity contribution in [2.45, 2.75) is 5.92 Å². The van der Waals surface area contributed by atoms with E-state index in [-0.39, 0.29) is 11.8 Å². The Morgan fingerprint density at radius 2 is 2.08 bits per heavy atom. The van der Waals surface area contributed by atoms with E-state index in [4.69, 9.17) is 4.74 Å². The second-order valence-corrected chi connectivity index (χ2v) is 6.72. The maximum Gasteiger partial charge on any atom is 0.253 e. The first-order valence-corrected chi connectivity index (χ1v) is 8.88. The van der Waals surface area contributed by atoms with Crippen LogP contribution in [0.15, 0.2) is 58.1 Å². The summed E-state index contributed by atoms with van der Waals surface area (Å²) in [5.74, 6) is -0.984. The van der Waals surface area contributed by atoms with Crippen LogP contribution in [0.25, 0.3) is 0 Å². The van der Waals surface area contributed by atoms with Gasteiger partial charge in [-0.05, 0) is 45.3 Å².